The first-order chi connectivity index (χ1) is 13.6. The van der Waals surface area contributed by atoms with Crippen LogP contribution in [0.3, 0.4) is 0 Å². The number of hydrogen-bond acceptors (Lipinski definition) is 5. The minimum absolute atomic E-state index is 0.216. The summed E-state index contributed by atoms with van der Waals surface area (Å²) in [6, 6.07) is 6.10. The average Bonchev–Trinajstić information content (AvgIpc) is 2.71. The molecule has 2 rings (SSSR count). The van der Waals surface area contributed by atoms with Gasteiger partial charge in [-0.1, -0.05) is 43.7 Å². The molecule has 1 aromatic carbocycles. The number of hydrogen-bond donors (Lipinski definition) is 2. The molecule has 0 saturated carbocycles. The summed E-state index contributed by atoms with van der Waals surface area (Å²) in [5.74, 6) is -1.74. The fourth-order valence-corrected chi connectivity index (χ4v) is 2.71. The molecule has 28 heavy (non-hydrogen) atoms. The number of unbranched alkanes of at least 4 members (excludes halogenated alkanes) is 1. The van der Waals surface area contributed by atoms with E-state index >= 15 is 0 Å². The van der Waals surface area contributed by atoms with E-state index in [9.17, 15) is 14.4 Å². The number of rotatable bonds is 5. The maximum atomic E-state index is 12.8. The van der Waals surface area contributed by atoms with Gasteiger partial charge in [-0.2, -0.15) is 0 Å². The topological polar surface area (TPSA) is 93.7 Å². The molecule has 1 aliphatic heterocycles. The van der Waals surface area contributed by atoms with E-state index in [0.29, 0.717) is 37.5 Å². The molecular formula is C21H28N2O5. The minimum atomic E-state index is -0.942. The zero-order valence-corrected chi connectivity index (χ0v) is 16.2. The Morgan fingerprint density at radius 1 is 1.18 bits per heavy atom. The summed E-state index contributed by atoms with van der Waals surface area (Å²) in [4.78, 5) is 37.5. The summed E-state index contributed by atoms with van der Waals surface area (Å²) in [6.45, 7) is 3.92. The average molecular weight is 388 g/mol. The Kier molecular flexibility index (Phi) is 9.37. The molecule has 0 unspecified atom stereocenters. The van der Waals surface area contributed by atoms with Crippen molar-refractivity contribution >= 4 is 17.6 Å². The zero-order chi connectivity index (χ0) is 20.2. The van der Waals surface area contributed by atoms with Crippen molar-refractivity contribution in [2.45, 2.75) is 38.8 Å². The van der Waals surface area contributed by atoms with Crippen molar-refractivity contribution in [1.82, 2.24) is 10.6 Å². The number of Topliss-reactive ketones (excluding diaryl/α,β-unsaturated/α-hetero) is 1. The second-order valence-electron chi connectivity index (χ2n) is 6.49. The Balaban J connectivity index is 2.17. The number of amides is 2. The lowest BCUT2D eigenvalue weighted by atomic mass is 10.0. The van der Waals surface area contributed by atoms with Crippen molar-refractivity contribution in [2.75, 3.05) is 26.4 Å². The number of ether oxygens (including phenoxy) is 2. The molecule has 0 spiro atoms. The predicted octanol–water partition coefficient (Wildman–Crippen LogP) is 1.76. The van der Waals surface area contributed by atoms with Crippen LogP contribution >= 0.6 is 0 Å². The van der Waals surface area contributed by atoms with Crippen LogP contribution in [0.2, 0.25) is 0 Å². The maximum absolute atomic E-state index is 12.8. The van der Waals surface area contributed by atoms with Crippen LogP contribution in [-0.4, -0.2) is 50.0 Å². The number of fused-ring (bicyclic) bond motifs is 1. The third-order valence-corrected chi connectivity index (χ3v) is 4.31. The van der Waals surface area contributed by atoms with E-state index in [4.69, 9.17) is 9.47 Å². The smallest absolute Gasteiger partial charge is 0.289 e. The van der Waals surface area contributed by atoms with Crippen LogP contribution in [0.25, 0.3) is 0 Å². The highest BCUT2D eigenvalue weighted by atomic mass is 16.5. The van der Waals surface area contributed by atoms with Crippen molar-refractivity contribution in [3.05, 3.63) is 47.5 Å². The molecule has 0 bridgehead atoms. The molecule has 1 aromatic rings. The van der Waals surface area contributed by atoms with Crippen molar-refractivity contribution in [3.8, 4) is 0 Å². The van der Waals surface area contributed by atoms with Crippen LogP contribution < -0.4 is 10.6 Å². The zero-order valence-electron chi connectivity index (χ0n) is 16.2. The molecule has 0 aliphatic carbocycles. The highest BCUT2D eigenvalue weighted by Gasteiger charge is 2.26. The Hall–Kier alpha value is -2.51. The van der Waals surface area contributed by atoms with Gasteiger partial charge in [0.1, 0.15) is 6.04 Å². The van der Waals surface area contributed by atoms with Crippen LogP contribution in [-0.2, 0) is 25.7 Å². The summed E-state index contributed by atoms with van der Waals surface area (Å²) in [7, 11) is 0. The van der Waals surface area contributed by atoms with E-state index in [0.717, 1.165) is 12.8 Å². The molecule has 1 heterocycles. The molecule has 2 amide bonds. The number of benzene rings is 1. The van der Waals surface area contributed by atoms with Gasteiger partial charge in [0.2, 0.25) is 5.78 Å². The van der Waals surface area contributed by atoms with Gasteiger partial charge in [-0.05, 0) is 24.5 Å². The second kappa shape index (κ2) is 12.0. The first kappa shape index (κ1) is 21.8. The third-order valence-electron chi connectivity index (χ3n) is 4.31. The normalized spacial score (nSPS) is 19.6. The number of carbonyl (C=O) groups excluding carboxylic acids is 3. The van der Waals surface area contributed by atoms with Gasteiger partial charge in [-0.15, -0.1) is 0 Å². The molecule has 152 valence electrons. The van der Waals surface area contributed by atoms with Gasteiger partial charge < -0.3 is 20.1 Å². The Morgan fingerprint density at radius 2 is 1.96 bits per heavy atom. The molecule has 0 aromatic heterocycles. The number of carbonyl (C=O) groups is 3. The predicted molar refractivity (Wildman–Crippen MR) is 105 cm³/mol. The quantitative estimate of drug-likeness (QED) is 0.455. The summed E-state index contributed by atoms with van der Waals surface area (Å²) in [5, 5.41) is 5.31. The van der Waals surface area contributed by atoms with Gasteiger partial charge in [-0.25, -0.2) is 0 Å². The Labute approximate surface area is 165 Å². The minimum Gasteiger partial charge on any atom is -0.375 e. The molecule has 0 saturated heterocycles. The molecule has 2 N–H and O–H groups in total. The van der Waals surface area contributed by atoms with Gasteiger partial charge in [0, 0.05) is 12.1 Å². The van der Waals surface area contributed by atoms with E-state index in [1.165, 1.54) is 0 Å². The van der Waals surface area contributed by atoms with Crippen LogP contribution in [0.1, 0.15) is 42.1 Å². The molecule has 1 aliphatic rings. The molecule has 7 nitrogen and oxygen atoms in total. The molecule has 0 fully saturated rings. The van der Waals surface area contributed by atoms with Gasteiger partial charge in [0.05, 0.1) is 26.4 Å². The number of ketones is 1. The lowest BCUT2D eigenvalue weighted by Crippen LogP contribution is -2.47. The highest BCUT2D eigenvalue weighted by molar-refractivity contribution is 6.38. The molecular weight excluding hydrogens is 360 g/mol. The van der Waals surface area contributed by atoms with Crippen LogP contribution in [0, 0.1) is 0 Å². The van der Waals surface area contributed by atoms with Crippen molar-refractivity contribution in [2.24, 2.45) is 0 Å². The fourth-order valence-electron chi connectivity index (χ4n) is 2.71. The summed E-state index contributed by atoms with van der Waals surface area (Å²) in [5.41, 5.74) is 1.14. The lowest BCUT2D eigenvalue weighted by molar-refractivity contribution is -0.138. The maximum Gasteiger partial charge on any atom is 0.289 e. The Morgan fingerprint density at radius 3 is 2.79 bits per heavy atom. The SMILES string of the molecule is CCCCNC(=O)C(=O)[C@@H]1C/C=C\COCCOCc2ccccc2C(=O)N1. The molecule has 7 heteroatoms. The fraction of sp³-hybridized carbons (Fsp3) is 0.476. The van der Waals surface area contributed by atoms with Gasteiger partial charge >= 0.3 is 0 Å². The summed E-state index contributed by atoms with van der Waals surface area (Å²) >= 11 is 0. The van der Waals surface area contributed by atoms with Crippen LogP contribution in [0.15, 0.2) is 36.4 Å². The van der Waals surface area contributed by atoms with E-state index in [1.807, 2.05) is 13.0 Å². The van der Waals surface area contributed by atoms with Crippen molar-refractivity contribution < 1.29 is 23.9 Å². The lowest BCUT2D eigenvalue weighted by Gasteiger charge is -2.18. The van der Waals surface area contributed by atoms with Crippen molar-refractivity contribution in [1.29, 1.82) is 0 Å². The molecule has 0 radical (unpaired) electrons. The first-order valence-electron chi connectivity index (χ1n) is 9.64. The first-order valence-corrected chi connectivity index (χ1v) is 9.64. The standard InChI is InChI=1S/C21H28N2O5/c1-2-3-11-22-21(26)19(24)18-10-6-7-12-27-13-14-28-15-16-8-4-5-9-17(16)20(25)23-18/h4-9,18H,2-3,10-15H2,1H3,(H,22,26)(H,23,25)/b7-6-/t18-/m0/s1. The number of nitrogens with one attached hydrogen (secondary N) is 2. The molecule has 1 atom stereocenters. The van der Waals surface area contributed by atoms with E-state index in [1.54, 1.807) is 30.4 Å². The van der Waals surface area contributed by atoms with E-state index in [2.05, 4.69) is 10.6 Å². The summed E-state index contributed by atoms with van der Waals surface area (Å²) < 4.78 is 11.0. The van der Waals surface area contributed by atoms with Crippen LogP contribution in [0.5, 0.6) is 0 Å². The summed E-state index contributed by atoms with van der Waals surface area (Å²) in [6.07, 6.45) is 5.42. The van der Waals surface area contributed by atoms with E-state index < -0.39 is 23.6 Å². The second-order valence-corrected chi connectivity index (χ2v) is 6.49. The van der Waals surface area contributed by atoms with Crippen molar-refractivity contribution in [3.63, 3.8) is 0 Å². The Bertz CT molecular complexity index is 702. The van der Waals surface area contributed by atoms with Gasteiger partial charge in [0.15, 0.2) is 0 Å². The monoisotopic (exact) mass is 388 g/mol. The van der Waals surface area contributed by atoms with E-state index in [-0.39, 0.29) is 13.0 Å². The third kappa shape index (κ3) is 6.90. The van der Waals surface area contributed by atoms with Gasteiger partial charge in [-0.3, -0.25) is 14.4 Å². The highest BCUT2D eigenvalue weighted by Crippen LogP contribution is 2.12. The largest absolute Gasteiger partial charge is 0.375 e. The van der Waals surface area contributed by atoms with Crippen LogP contribution in [0.4, 0.5) is 0 Å². The van der Waals surface area contributed by atoms with Gasteiger partial charge in [0.25, 0.3) is 11.8 Å².